The van der Waals surface area contributed by atoms with Crippen LogP contribution in [0.2, 0.25) is 0 Å². The second kappa shape index (κ2) is 11.0. The van der Waals surface area contributed by atoms with Crippen molar-refractivity contribution in [3.05, 3.63) is 93.9 Å². The van der Waals surface area contributed by atoms with Gasteiger partial charge in [-0.1, -0.05) is 19.1 Å². The summed E-state index contributed by atoms with van der Waals surface area (Å²) in [5.74, 6) is 0.764. The Hall–Kier alpha value is -4.26. The number of nitrogens with zero attached hydrogens (tertiary/aromatic N) is 2. The molecule has 4 aromatic rings. The third kappa shape index (κ3) is 5.05. The fourth-order valence-corrected chi connectivity index (χ4v) is 6.21. The third-order valence-corrected chi connectivity index (χ3v) is 8.25. The number of benzene rings is 3. The standard InChI is InChI=1S/C34H33FN2O4/c1-5-23-6-12-29(37-36-23)21-14-19(2)33(20(3)15-21)26-9-11-28(35)34-27(26)10-13-30(34)41-24-7-8-25-22(16-32(38)39-4)18-40-31(25)17-24/h6-9,11-12,14-15,17,22,30H,5,10,13,16,18H2,1-4H3/t22?,30-/m1/s1. The maximum absolute atomic E-state index is 15.3. The molecule has 0 bridgehead atoms. The van der Waals surface area contributed by atoms with E-state index in [1.54, 1.807) is 6.07 Å². The van der Waals surface area contributed by atoms with Crippen LogP contribution in [0.1, 0.15) is 65.3 Å². The molecule has 1 aromatic heterocycles. The zero-order chi connectivity index (χ0) is 28.7. The van der Waals surface area contributed by atoms with Crippen LogP contribution in [-0.4, -0.2) is 29.9 Å². The Bertz CT molecular complexity index is 1610. The first kappa shape index (κ1) is 26.9. The van der Waals surface area contributed by atoms with Crippen molar-refractivity contribution in [1.82, 2.24) is 10.2 Å². The number of halogens is 1. The van der Waals surface area contributed by atoms with E-state index < -0.39 is 6.10 Å². The predicted octanol–water partition coefficient (Wildman–Crippen LogP) is 7.23. The van der Waals surface area contributed by atoms with E-state index >= 15 is 4.39 Å². The highest BCUT2D eigenvalue weighted by atomic mass is 19.1. The molecule has 0 saturated heterocycles. The number of aryl methyl sites for hydroxylation is 3. The van der Waals surface area contributed by atoms with E-state index in [1.165, 1.54) is 7.11 Å². The molecule has 1 unspecified atom stereocenters. The lowest BCUT2D eigenvalue weighted by atomic mass is 9.88. The van der Waals surface area contributed by atoms with Crippen LogP contribution in [0.5, 0.6) is 11.5 Å². The number of carbonyl (C=O) groups is 1. The quantitative estimate of drug-likeness (QED) is 0.225. The van der Waals surface area contributed by atoms with Gasteiger partial charge in [0.05, 0.1) is 31.5 Å². The van der Waals surface area contributed by atoms with Gasteiger partial charge in [0.1, 0.15) is 23.4 Å². The number of esters is 1. The Kier molecular flexibility index (Phi) is 7.20. The number of fused-ring (bicyclic) bond motifs is 2. The normalized spacial score (nSPS) is 17.1. The molecule has 0 amide bonds. The van der Waals surface area contributed by atoms with E-state index in [0.29, 0.717) is 30.1 Å². The summed E-state index contributed by atoms with van der Waals surface area (Å²) in [6.07, 6.45) is 2.12. The fourth-order valence-electron chi connectivity index (χ4n) is 6.21. The van der Waals surface area contributed by atoms with Gasteiger partial charge in [0.2, 0.25) is 0 Å². The molecule has 2 heterocycles. The number of hydrogen-bond donors (Lipinski definition) is 0. The fraction of sp³-hybridized carbons (Fsp3) is 0.324. The highest BCUT2D eigenvalue weighted by molar-refractivity contribution is 5.79. The number of hydrogen-bond acceptors (Lipinski definition) is 6. The van der Waals surface area contributed by atoms with E-state index in [9.17, 15) is 4.79 Å². The number of carbonyl (C=O) groups excluding carboxylic acids is 1. The number of aromatic nitrogens is 2. The van der Waals surface area contributed by atoms with Crippen molar-refractivity contribution >= 4 is 5.97 Å². The molecule has 6 nitrogen and oxygen atoms in total. The summed E-state index contributed by atoms with van der Waals surface area (Å²) >= 11 is 0. The van der Waals surface area contributed by atoms with Crippen LogP contribution in [0.4, 0.5) is 4.39 Å². The molecule has 7 heteroatoms. The van der Waals surface area contributed by atoms with Crippen LogP contribution < -0.4 is 9.47 Å². The van der Waals surface area contributed by atoms with E-state index in [4.69, 9.17) is 14.2 Å². The second-order valence-corrected chi connectivity index (χ2v) is 10.9. The van der Waals surface area contributed by atoms with Crippen molar-refractivity contribution in [2.45, 2.75) is 58.5 Å². The highest BCUT2D eigenvalue weighted by Crippen LogP contribution is 2.45. The maximum Gasteiger partial charge on any atom is 0.306 e. The molecule has 3 aromatic carbocycles. The van der Waals surface area contributed by atoms with Gasteiger partial charge >= 0.3 is 5.97 Å². The van der Waals surface area contributed by atoms with Crippen molar-refractivity contribution in [2.75, 3.05) is 13.7 Å². The molecule has 2 atom stereocenters. The van der Waals surface area contributed by atoms with Crippen LogP contribution in [0.15, 0.2) is 54.6 Å². The molecule has 0 N–H and O–H groups in total. The lowest BCUT2D eigenvalue weighted by molar-refractivity contribution is -0.141. The van der Waals surface area contributed by atoms with Gasteiger partial charge in [-0.3, -0.25) is 4.79 Å². The largest absolute Gasteiger partial charge is 0.492 e. The number of methoxy groups -OCH3 is 1. The Morgan fingerprint density at radius 3 is 2.56 bits per heavy atom. The van der Waals surface area contributed by atoms with Crippen molar-refractivity contribution in [1.29, 1.82) is 0 Å². The Morgan fingerprint density at radius 1 is 1.05 bits per heavy atom. The highest BCUT2D eigenvalue weighted by Gasteiger charge is 2.32. The van der Waals surface area contributed by atoms with Crippen LogP contribution in [-0.2, 0) is 22.4 Å². The van der Waals surface area contributed by atoms with Crippen molar-refractivity contribution < 1.29 is 23.4 Å². The minimum Gasteiger partial charge on any atom is -0.492 e. The first-order valence-electron chi connectivity index (χ1n) is 14.1. The average molecular weight is 553 g/mol. The van der Waals surface area contributed by atoms with E-state index in [2.05, 4.69) is 43.1 Å². The van der Waals surface area contributed by atoms with Gasteiger partial charge in [-0.15, -0.1) is 0 Å². The molecule has 0 fully saturated rings. The van der Waals surface area contributed by atoms with Gasteiger partial charge < -0.3 is 14.2 Å². The van der Waals surface area contributed by atoms with Crippen molar-refractivity contribution in [3.8, 4) is 33.9 Å². The Balaban J connectivity index is 1.28. The lowest BCUT2D eigenvalue weighted by Crippen LogP contribution is -2.09. The molecule has 6 rings (SSSR count). The smallest absolute Gasteiger partial charge is 0.306 e. The van der Waals surface area contributed by atoms with Gasteiger partial charge in [-0.2, -0.15) is 10.2 Å². The number of rotatable bonds is 7. The SMILES string of the molecule is CCc1ccc(-c2cc(C)c(-c3ccc(F)c4c3CC[C@H]4Oc3ccc4c(c3)OCC4CC(=O)OC)c(C)c2)nn1. The van der Waals surface area contributed by atoms with Gasteiger partial charge in [-0.25, -0.2) is 4.39 Å². The summed E-state index contributed by atoms with van der Waals surface area (Å²) in [5.41, 5.74) is 9.79. The predicted molar refractivity (Wildman–Crippen MR) is 155 cm³/mol. The van der Waals surface area contributed by atoms with Crippen molar-refractivity contribution in [3.63, 3.8) is 0 Å². The molecule has 0 radical (unpaired) electrons. The van der Waals surface area contributed by atoms with Gasteiger partial charge in [-0.05, 0) is 97.3 Å². The first-order chi connectivity index (χ1) is 19.9. The Morgan fingerprint density at radius 2 is 1.85 bits per heavy atom. The molecule has 0 spiro atoms. The molecule has 1 aliphatic heterocycles. The molecular formula is C34H33FN2O4. The van der Waals surface area contributed by atoms with Crippen LogP contribution >= 0.6 is 0 Å². The topological polar surface area (TPSA) is 70.5 Å². The summed E-state index contributed by atoms with van der Waals surface area (Å²) in [7, 11) is 1.39. The lowest BCUT2D eigenvalue weighted by Gasteiger charge is -2.19. The molecule has 210 valence electrons. The van der Waals surface area contributed by atoms with Gasteiger partial charge in [0.25, 0.3) is 0 Å². The van der Waals surface area contributed by atoms with Gasteiger partial charge in [0, 0.05) is 28.7 Å². The summed E-state index contributed by atoms with van der Waals surface area (Å²) in [4.78, 5) is 11.8. The minimum atomic E-state index is -0.400. The first-order valence-corrected chi connectivity index (χ1v) is 14.1. The van der Waals surface area contributed by atoms with Crippen molar-refractivity contribution in [2.24, 2.45) is 0 Å². The zero-order valence-corrected chi connectivity index (χ0v) is 23.8. The minimum absolute atomic E-state index is 0.0423. The number of ether oxygens (including phenoxy) is 3. The second-order valence-electron chi connectivity index (χ2n) is 10.9. The average Bonchev–Trinajstić information content (AvgIpc) is 3.58. The summed E-state index contributed by atoms with van der Waals surface area (Å²) < 4.78 is 32.4. The van der Waals surface area contributed by atoms with Crippen LogP contribution in [0.25, 0.3) is 22.4 Å². The van der Waals surface area contributed by atoms with Crippen LogP contribution in [0.3, 0.4) is 0 Å². The van der Waals surface area contributed by atoms with E-state index in [0.717, 1.165) is 63.2 Å². The Labute approximate surface area is 239 Å². The van der Waals surface area contributed by atoms with E-state index in [1.807, 2.05) is 36.4 Å². The van der Waals surface area contributed by atoms with Gasteiger partial charge in [0.15, 0.2) is 0 Å². The molecule has 1 aliphatic carbocycles. The summed E-state index contributed by atoms with van der Waals surface area (Å²) in [6.45, 7) is 6.67. The summed E-state index contributed by atoms with van der Waals surface area (Å²) in [6, 6.07) is 17.4. The summed E-state index contributed by atoms with van der Waals surface area (Å²) in [5, 5.41) is 8.74. The third-order valence-electron chi connectivity index (χ3n) is 8.25. The van der Waals surface area contributed by atoms with E-state index in [-0.39, 0.29) is 24.1 Å². The monoisotopic (exact) mass is 552 g/mol. The van der Waals surface area contributed by atoms with Crippen LogP contribution in [0, 0.1) is 19.7 Å². The zero-order valence-electron chi connectivity index (χ0n) is 23.8. The molecular weight excluding hydrogens is 519 g/mol. The molecule has 41 heavy (non-hydrogen) atoms. The maximum atomic E-state index is 15.3. The molecule has 0 saturated carbocycles. The molecule has 2 aliphatic rings.